The molecular formula is C13H13ClN4S. The molecule has 0 bridgehead atoms. The number of thiocarbonyl (C=S) groups is 1. The van der Waals surface area contributed by atoms with Crippen LogP contribution in [0.25, 0.3) is 0 Å². The van der Waals surface area contributed by atoms with E-state index in [2.05, 4.69) is 10.2 Å². The van der Waals surface area contributed by atoms with Crippen molar-refractivity contribution >= 4 is 34.6 Å². The smallest absolute Gasteiger partial charge is 0.151 e. The summed E-state index contributed by atoms with van der Waals surface area (Å²) < 4.78 is 0. The molecule has 19 heavy (non-hydrogen) atoms. The Morgan fingerprint density at radius 2 is 2.11 bits per heavy atom. The highest BCUT2D eigenvalue weighted by molar-refractivity contribution is 7.80. The molecule has 4 nitrogen and oxygen atoms in total. The molecule has 0 unspecified atom stereocenters. The Balaban J connectivity index is 2.14. The lowest BCUT2D eigenvalue weighted by Crippen LogP contribution is -2.18. The van der Waals surface area contributed by atoms with Crippen LogP contribution in [0, 0.1) is 0 Å². The molecule has 0 fully saturated rings. The molecule has 1 aromatic carbocycles. The third-order valence-electron chi connectivity index (χ3n) is 2.64. The highest BCUT2D eigenvalue weighted by Crippen LogP contribution is 2.14. The maximum Gasteiger partial charge on any atom is 0.151 e. The van der Waals surface area contributed by atoms with Crippen molar-refractivity contribution in [3.63, 3.8) is 0 Å². The van der Waals surface area contributed by atoms with Gasteiger partial charge in [-0.15, -0.1) is 10.2 Å². The lowest BCUT2D eigenvalue weighted by Gasteiger charge is -2.17. The van der Waals surface area contributed by atoms with Crippen molar-refractivity contribution in [2.75, 3.05) is 11.9 Å². The predicted molar refractivity (Wildman–Crippen MR) is 81.5 cm³/mol. The van der Waals surface area contributed by atoms with Gasteiger partial charge in [0, 0.05) is 19.2 Å². The van der Waals surface area contributed by atoms with E-state index in [9.17, 15) is 0 Å². The Morgan fingerprint density at radius 3 is 2.74 bits per heavy atom. The number of benzene rings is 1. The van der Waals surface area contributed by atoms with Gasteiger partial charge in [-0.05, 0) is 23.8 Å². The molecule has 1 heterocycles. The summed E-state index contributed by atoms with van der Waals surface area (Å²) in [6.07, 6.45) is 0. The van der Waals surface area contributed by atoms with Gasteiger partial charge in [0.15, 0.2) is 11.0 Å². The van der Waals surface area contributed by atoms with Crippen LogP contribution in [0.2, 0.25) is 5.15 Å². The summed E-state index contributed by atoms with van der Waals surface area (Å²) in [6.45, 7) is 0.687. The van der Waals surface area contributed by atoms with Gasteiger partial charge < -0.3 is 10.6 Å². The lowest BCUT2D eigenvalue weighted by atomic mass is 10.1. The van der Waals surface area contributed by atoms with Gasteiger partial charge in [-0.3, -0.25) is 0 Å². The summed E-state index contributed by atoms with van der Waals surface area (Å²) in [6, 6.07) is 11.4. The van der Waals surface area contributed by atoms with Gasteiger partial charge in [0.05, 0.1) is 0 Å². The van der Waals surface area contributed by atoms with Crippen LogP contribution in [0.15, 0.2) is 36.4 Å². The number of nitrogens with two attached hydrogens (primary N) is 1. The van der Waals surface area contributed by atoms with E-state index in [1.807, 2.05) is 42.3 Å². The molecule has 0 aliphatic heterocycles. The molecular weight excluding hydrogens is 280 g/mol. The molecule has 98 valence electrons. The molecule has 0 saturated carbocycles. The van der Waals surface area contributed by atoms with Crippen LogP contribution in [0.1, 0.15) is 11.1 Å². The predicted octanol–water partition coefficient (Wildman–Crippen LogP) is 2.40. The zero-order chi connectivity index (χ0) is 13.8. The molecule has 2 rings (SSSR count). The van der Waals surface area contributed by atoms with Crippen molar-refractivity contribution in [1.29, 1.82) is 0 Å². The number of nitrogens with zero attached hydrogens (tertiary/aromatic N) is 3. The van der Waals surface area contributed by atoms with Crippen LogP contribution in [0.5, 0.6) is 0 Å². The Kier molecular flexibility index (Phi) is 4.29. The Labute approximate surface area is 122 Å². The number of rotatable bonds is 4. The molecule has 2 aromatic rings. The fourth-order valence-electron chi connectivity index (χ4n) is 1.69. The molecule has 0 amide bonds. The zero-order valence-electron chi connectivity index (χ0n) is 10.4. The van der Waals surface area contributed by atoms with E-state index in [1.165, 1.54) is 0 Å². The monoisotopic (exact) mass is 292 g/mol. The van der Waals surface area contributed by atoms with Gasteiger partial charge in [0.25, 0.3) is 0 Å². The van der Waals surface area contributed by atoms with Crippen molar-refractivity contribution in [2.24, 2.45) is 5.73 Å². The second kappa shape index (κ2) is 5.95. The molecule has 0 saturated heterocycles. The van der Waals surface area contributed by atoms with Gasteiger partial charge in [-0.2, -0.15) is 0 Å². The second-order valence-corrected chi connectivity index (χ2v) is 4.96. The molecule has 1 aromatic heterocycles. The number of hydrogen-bond donors (Lipinski definition) is 1. The van der Waals surface area contributed by atoms with Crippen LogP contribution < -0.4 is 10.6 Å². The minimum absolute atomic E-state index is 0.382. The second-order valence-electron chi connectivity index (χ2n) is 4.13. The third-order valence-corrected chi connectivity index (χ3v) is 3.08. The number of halogens is 1. The van der Waals surface area contributed by atoms with Gasteiger partial charge in [0.2, 0.25) is 0 Å². The molecule has 6 heteroatoms. The maximum atomic E-state index is 5.71. The van der Waals surface area contributed by atoms with Crippen molar-refractivity contribution < 1.29 is 0 Å². The first-order valence-electron chi connectivity index (χ1n) is 5.65. The molecule has 0 atom stereocenters. The fraction of sp³-hybridized carbons (Fsp3) is 0.154. The van der Waals surface area contributed by atoms with Gasteiger partial charge in [-0.25, -0.2) is 0 Å². The number of hydrogen-bond acceptors (Lipinski definition) is 4. The first kappa shape index (κ1) is 13.7. The first-order valence-corrected chi connectivity index (χ1v) is 6.44. The van der Waals surface area contributed by atoms with E-state index in [0.717, 1.165) is 16.9 Å². The first-order chi connectivity index (χ1) is 9.06. The third kappa shape index (κ3) is 3.62. The average Bonchev–Trinajstić information content (AvgIpc) is 2.39. The van der Waals surface area contributed by atoms with Gasteiger partial charge in [0.1, 0.15) is 4.99 Å². The lowest BCUT2D eigenvalue weighted by molar-refractivity contribution is 0.866. The highest BCUT2D eigenvalue weighted by atomic mass is 35.5. The quantitative estimate of drug-likeness (QED) is 0.877. The fourth-order valence-corrected chi connectivity index (χ4v) is 1.92. The average molecular weight is 293 g/mol. The normalized spacial score (nSPS) is 10.2. The Hall–Kier alpha value is -1.72. The Morgan fingerprint density at radius 1 is 1.32 bits per heavy atom. The highest BCUT2D eigenvalue weighted by Gasteiger charge is 2.05. The minimum atomic E-state index is 0.382. The number of aromatic nitrogens is 2. The van der Waals surface area contributed by atoms with Crippen LogP contribution in [-0.2, 0) is 6.54 Å². The summed E-state index contributed by atoms with van der Waals surface area (Å²) in [5.74, 6) is 0.755. The van der Waals surface area contributed by atoms with E-state index in [1.54, 1.807) is 6.07 Å². The number of anilines is 1. The van der Waals surface area contributed by atoms with Gasteiger partial charge >= 0.3 is 0 Å². The molecule has 0 spiro atoms. The van der Waals surface area contributed by atoms with E-state index in [0.29, 0.717) is 16.7 Å². The van der Waals surface area contributed by atoms with Crippen LogP contribution >= 0.6 is 23.8 Å². The summed E-state index contributed by atoms with van der Waals surface area (Å²) in [5, 5.41) is 8.23. The molecule has 2 N–H and O–H groups in total. The van der Waals surface area contributed by atoms with Gasteiger partial charge in [-0.1, -0.05) is 42.0 Å². The molecule has 0 radical (unpaired) electrons. The van der Waals surface area contributed by atoms with Crippen LogP contribution in [0.3, 0.4) is 0 Å². The SMILES string of the molecule is CN(Cc1cccc(C(N)=S)c1)c1ccc(Cl)nn1. The standard InChI is InChI=1S/C13H13ClN4S/c1-18(12-6-5-11(14)16-17-12)8-9-3-2-4-10(7-9)13(15)19/h2-7H,8H2,1H3,(H2,15,19). The van der Waals surface area contributed by atoms with Crippen molar-refractivity contribution in [2.45, 2.75) is 6.54 Å². The molecule has 0 aliphatic carbocycles. The van der Waals surface area contributed by atoms with Crippen molar-refractivity contribution in [3.05, 3.63) is 52.7 Å². The van der Waals surface area contributed by atoms with Crippen molar-refractivity contribution in [1.82, 2.24) is 10.2 Å². The topological polar surface area (TPSA) is 55.0 Å². The molecule has 0 aliphatic rings. The van der Waals surface area contributed by atoms with E-state index >= 15 is 0 Å². The summed E-state index contributed by atoms with van der Waals surface area (Å²) in [4.78, 5) is 2.37. The van der Waals surface area contributed by atoms with Crippen LogP contribution in [-0.4, -0.2) is 22.2 Å². The minimum Gasteiger partial charge on any atom is -0.389 e. The summed E-state index contributed by atoms with van der Waals surface area (Å²) in [7, 11) is 1.94. The Bertz CT molecular complexity index is 585. The van der Waals surface area contributed by atoms with Crippen LogP contribution in [0.4, 0.5) is 5.82 Å². The van der Waals surface area contributed by atoms with E-state index in [4.69, 9.17) is 29.6 Å². The summed E-state index contributed by atoms with van der Waals surface area (Å²) in [5.41, 5.74) is 7.59. The largest absolute Gasteiger partial charge is 0.389 e. The van der Waals surface area contributed by atoms with Crippen molar-refractivity contribution in [3.8, 4) is 0 Å². The zero-order valence-corrected chi connectivity index (χ0v) is 11.9. The van der Waals surface area contributed by atoms with E-state index < -0.39 is 0 Å². The van der Waals surface area contributed by atoms with E-state index in [-0.39, 0.29) is 0 Å². The maximum absolute atomic E-state index is 5.71. The summed E-state index contributed by atoms with van der Waals surface area (Å²) >= 11 is 10.7.